The predicted molar refractivity (Wildman–Crippen MR) is 72.2 cm³/mol. The predicted octanol–water partition coefficient (Wildman–Crippen LogP) is -0.257. The molecule has 1 aromatic rings. The lowest BCUT2D eigenvalue weighted by atomic mass is 9.95. The molecule has 1 aliphatic heterocycles. The third-order valence-electron chi connectivity index (χ3n) is 3.76. The van der Waals surface area contributed by atoms with Gasteiger partial charge in [-0.15, -0.1) is 0 Å². The quantitative estimate of drug-likeness (QED) is 0.819. The average molecular weight is 267 g/mol. The maximum absolute atomic E-state index is 11.8. The van der Waals surface area contributed by atoms with Crippen molar-refractivity contribution in [3.8, 4) is 0 Å². The number of hydrogen-bond donors (Lipinski definition) is 1. The molecule has 19 heavy (non-hydrogen) atoms. The third-order valence-corrected chi connectivity index (χ3v) is 3.76. The van der Waals surface area contributed by atoms with E-state index in [0.717, 1.165) is 24.0 Å². The second-order valence-electron chi connectivity index (χ2n) is 5.44. The Morgan fingerprint density at radius 1 is 1.37 bits per heavy atom. The van der Waals surface area contributed by atoms with Crippen LogP contribution in [0, 0.1) is 0 Å². The molecule has 0 saturated carbocycles. The lowest BCUT2D eigenvalue weighted by molar-refractivity contribution is 0.0275. The van der Waals surface area contributed by atoms with Gasteiger partial charge in [-0.3, -0.25) is 13.9 Å². The molecule has 1 N–H and O–H groups in total. The molecule has 1 aliphatic rings. The molecule has 1 unspecified atom stereocenters. The highest BCUT2D eigenvalue weighted by Gasteiger charge is 2.27. The van der Waals surface area contributed by atoms with Gasteiger partial charge >= 0.3 is 5.69 Å². The Bertz CT molecular complexity index is 567. The second-order valence-corrected chi connectivity index (χ2v) is 5.44. The zero-order valence-electron chi connectivity index (χ0n) is 11.7. The maximum Gasteiger partial charge on any atom is 0.330 e. The van der Waals surface area contributed by atoms with Crippen molar-refractivity contribution in [2.45, 2.75) is 31.8 Å². The topological polar surface area (TPSA) is 65.3 Å². The first-order valence-corrected chi connectivity index (χ1v) is 6.52. The number of ether oxygens (including phenoxy) is 1. The number of aromatic nitrogens is 2. The highest BCUT2D eigenvalue weighted by molar-refractivity contribution is 5.03. The molecule has 1 aromatic heterocycles. The molecule has 0 amide bonds. The Morgan fingerprint density at radius 3 is 2.74 bits per heavy atom. The van der Waals surface area contributed by atoms with Crippen molar-refractivity contribution in [3.63, 3.8) is 0 Å². The van der Waals surface area contributed by atoms with Gasteiger partial charge in [0.05, 0.1) is 6.61 Å². The zero-order chi connectivity index (χ0) is 14.0. The fourth-order valence-electron chi connectivity index (χ4n) is 2.33. The lowest BCUT2D eigenvalue weighted by Gasteiger charge is -2.34. The van der Waals surface area contributed by atoms with Gasteiger partial charge in [0.25, 0.3) is 5.56 Å². The standard InChI is InChI=1S/C13H21N3O3/c1-13(5-4-6-19-9-13)14-8-10-7-11(17)16(3)12(18)15(10)2/h7,14H,4-6,8-9H2,1-3H3. The van der Waals surface area contributed by atoms with E-state index in [4.69, 9.17) is 4.74 Å². The van der Waals surface area contributed by atoms with Gasteiger partial charge in [-0.1, -0.05) is 0 Å². The van der Waals surface area contributed by atoms with Crippen LogP contribution >= 0.6 is 0 Å². The molecule has 0 radical (unpaired) electrons. The Hall–Kier alpha value is -1.40. The van der Waals surface area contributed by atoms with E-state index in [1.807, 2.05) is 0 Å². The molecule has 0 aromatic carbocycles. The van der Waals surface area contributed by atoms with E-state index in [9.17, 15) is 9.59 Å². The lowest BCUT2D eigenvalue weighted by Crippen LogP contribution is -2.49. The molecule has 0 spiro atoms. The Kier molecular flexibility index (Phi) is 3.91. The second kappa shape index (κ2) is 5.30. The molecule has 2 heterocycles. The van der Waals surface area contributed by atoms with Crippen LogP contribution in [0.4, 0.5) is 0 Å². The summed E-state index contributed by atoms with van der Waals surface area (Å²) in [6.45, 7) is 4.06. The van der Waals surface area contributed by atoms with Crippen LogP contribution in [0.1, 0.15) is 25.5 Å². The SMILES string of the molecule is Cn1c(CNC2(C)CCCOC2)cc(=O)n(C)c1=O. The molecule has 1 atom stereocenters. The number of rotatable bonds is 3. The molecule has 0 aliphatic carbocycles. The van der Waals surface area contributed by atoms with Gasteiger partial charge in [0.2, 0.25) is 0 Å². The van der Waals surface area contributed by atoms with Crippen molar-refractivity contribution >= 4 is 0 Å². The summed E-state index contributed by atoms with van der Waals surface area (Å²) in [5, 5.41) is 3.40. The molecular weight excluding hydrogens is 246 g/mol. The summed E-state index contributed by atoms with van der Waals surface area (Å²) < 4.78 is 8.08. The van der Waals surface area contributed by atoms with Gasteiger partial charge in [0, 0.05) is 44.5 Å². The van der Waals surface area contributed by atoms with Crippen LogP contribution in [0.3, 0.4) is 0 Å². The largest absolute Gasteiger partial charge is 0.380 e. The van der Waals surface area contributed by atoms with E-state index in [2.05, 4.69) is 12.2 Å². The molecule has 2 rings (SSSR count). The van der Waals surface area contributed by atoms with E-state index in [1.54, 1.807) is 7.05 Å². The molecule has 6 heteroatoms. The third kappa shape index (κ3) is 2.96. The van der Waals surface area contributed by atoms with Gasteiger partial charge in [-0.25, -0.2) is 4.79 Å². The fourth-order valence-corrected chi connectivity index (χ4v) is 2.33. The summed E-state index contributed by atoms with van der Waals surface area (Å²) in [7, 11) is 3.16. The van der Waals surface area contributed by atoms with Gasteiger partial charge in [-0.05, 0) is 19.8 Å². The number of nitrogens with one attached hydrogen (secondary N) is 1. The summed E-state index contributed by atoms with van der Waals surface area (Å²) in [4.78, 5) is 23.5. The summed E-state index contributed by atoms with van der Waals surface area (Å²) in [6.07, 6.45) is 2.06. The van der Waals surface area contributed by atoms with Gasteiger partial charge in [0.15, 0.2) is 0 Å². The first kappa shape index (κ1) is 14.0. The maximum atomic E-state index is 11.8. The number of hydrogen-bond acceptors (Lipinski definition) is 4. The van der Waals surface area contributed by atoms with Gasteiger partial charge in [0.1, 0.15) is 0 Å². The molecule has 6 nitrogen and oxygen atoms in total. The van der Waals surface area contributed by atoms with E-state index >= 15 is 0 Å². The van der Waals surface area contributed by atoms with E-state index in [1.165, 1.54) is 17.7 Å². The van der Waals surface area contributed by atoms with Gasteiger partial charge < -0.3 is 10.1 Å². The van der Waals surface area contributed by atoms with Crippen LogP contribution in [0.25, 0.3) is 0 Å². The monoisotopic (exact) mass is 267 g/mol. The summed E-state index contributed by atoms with van der Waals surface area (Å²) in [5.74, 6) is 0. The minimum Gasteiger partial charge on any atom is -0.380 e. The van der Waals surface area contributed by atoms with Gasteiger partial charge in [-0.2, -0.15) is 0 Å². The minimum absolute atomic E-state index is 0.0879. The van der Waals surface area contributed by atoms with Crippen LogP contribution < -0.4 is 16.6 Å². The molecule has 0 bridgehead atoms. The highest BCUT2D eigenvalue weighted by Crippen LogP contribution is 2.18. The smallest absolute Gasteiger partial charge is 0.330 e. The van der Waals surface area contributed by atoms with Crippen molar-refractivity contribution in [2.75, 3.05) is 13.2 Å². The van der Waals surface area contributed by atoms with E-state index in [0.29, 0.717) is 18.8 Å². The van der Waals surface area contributed by atoms with Crippen molar-refractivity contribution in [3.05, 3.63) is 32.6 Å². The zero-order valence-corrected chi connectivity index (χ0v) is 11.7. The van der Waals surface area contributed by atoms with Crippen LogP contribution in [0.15, 0.2) is 15.7 Å². The fraction of sp³-hybridized carbons (Fsp3) is 0.692. The first-order valence-electron chi connectivity index (χ1n) is 6.52. The van der Waals surface area contributed by atoms with Crippen molar-refractivity contribution < 1.29 is 4.74 Å². The average Bonchev–Trinajstić information content (AvgIpc) is 2.40. The van der Waals surface area contributed by atoms with E-state index in [-0.39, 0.29) is 16.8 Å². The minimum atomic E-state index is -0.297. The summed E-state index contributed by atoms with van der Waals surface area (Å²) in [6, 6.07) is 1.50. The molecule has 106 valence electrons. The van der Waals surface area contributed by atoms with Crippen molar-refractivity contribution in [1.29, 1.82) is 0 Å². The van der Waals surface area contributed by atoms with Crippen LogP contribution in [0.5, 0.6) is 0 Å². The summed E-state index contributed by atoms with van der Waals surface area (Å²) in [5.41, 5.74) is 0.0363. The summed E-state index contributed by atoms with van der Waals surface area (Å²) >= 11 is 0. The van der Waals surface area contributed by atoms with Crippen LogP contribution in [-0.4, -0.2) is 27.9 Å². The molecule has 1 fully saturated rings. The molecular formula is C13H21N3O3. The normalized spacial score (nSPS) is 23.5. The van der Waals surface area contributed by atoms with E-state index < -0.39 is 0 Å². The number of nitrogens with zero attached hydrogens (tertiary/aromatic N) is 2. The van der Waals surface area contributed by atoms with Crippen molar-refractivity contribution in [1.82, 2.24) is 14.5 Å². The Balaban J connectivity index is 2.16. The van der Waals surface area contributed by atoms with Crippen LogP contribution in [-0.2, 0) is 25.4 Å². The Morgan fingerprint density at radius 2 is 2.11 bits per heavy atom. The van der Waals surface area contributed by atoms with Crippen molar-refractivity contribution in [2.24, 2.45) is 14.1 Å². The Labute approximate surface area is 112 Å². The molecule has 1 saturated heterocycles. The highest BCUT2D eigenvalue weighted by atomic mass is 16.5. The van der Waals surface area contributed by atoms with Crippen LogP contribution in [0.2, 0.25) is 0 Å². The first-order chi connectivity index (χ1) is 8.93.